The molecular formula is C11H18N4O5. The van der Waals surface area contributed by atoms with Gasteiger partial charge in [-0.25, -0.2) is 0 Å². The maximum Gasteiger partial charge on any atom is 0.307 e. The summed E-state index contributed by atoms with van der Waals surface area (Å²) in [4.78, 5) is 21.5. The molecule has 0 aromatic carbocycles. The molecule has 0 aliphatic heterocycles. The largest absolute Gasteiger partial charge is 0.388 e. The van der Waals surface area contributed by atoms with Crippen molar-refractivity contribution < 1.29 is 19.6 Å². The van der Waals surface area contributed by atoms with E-state index >= 15 is 0 Å². The molecule has 0 spiro atoms. The van der Waals surface area contributed by atoms with E-state index in [1.54, 1.807) is 6.92 Å². The maximum atomic E-state index is 11.6. The molecule has 1 atom stereocenters. The van der Waals surface area contributed by atoms with Gasteiger partial charge in [-0.05, 0) is 6.92 Å². The second-order valence-corrected chi connectivity index (χ2v) is 4.67. The molecule has 1 aromatic heterocycles. The summed E-state index contributed by atoms with van der Waals surface area (Å²) in [7, 11) is 1.53. The van der Waals surface area contributed by atoms with Crippen LogP contribution < -0.4 is 5.32 Å². The standard InChI is InChI=1S/C11H18N4O5/c1-11(17,3-4-20-2)8-12-10(16)7-14-6-9(5-13-14)15(18)19/h5-6,17H,3-4,7-8H2,1-2H3,(H,12,16). The summed E-state index contributed by atoms with van der Waals surface area (Å²) in [5.41, 5.74) is -1.24. The molecule has 1 amide bonds. The van der Waals surface area contributed by atoms with Crippen molar-refractivity contribution in [3.63, 3.8) is 0 Å². The van der Waals surface area contributed by atoms with E-state index < -0.39 is 10.5 Å². The van der Waals surface area contributed by atoms with E-state index in [0.29, 0.717) is 13.0 Å². The molecule has 0 radical (unpaired) electrons. The molecule has 0 saturated heterocycles. The number of methoxy groups -OCH3 is 1. The first-order valence-corrected chi connectivity index (χ1v) is 5.99. The molecule has 1 unspecified atom stereocenters. The van der Waals surface area contributed by atoms with Gasteiger partial charge in [0.1, 0.15) is 18.9 Å². The summed E-state index contributed by atoms with van der Waals surface area (Å²) in [6.45, 7) is 1.89. The van der Waals surface area contributed by atoms with Crippen LogP contribution in [0.2, 0.25) is 0 Å². The molecule has 0 aliphatic rings. The lowest BCUT2D eigenvalue weighted by Gasteiger charge is -2.23. The van der Waals surface area contributed by atoms with E-state index in [9.17, 15) is 20.0 Å². The molecule has 0 bridgehead atoms. The van der Waals surface area contributed by atoms with Gasteiger partial charge >= 0.3 is 5.69 Å². The number of rotatable bonds is 8. The van der Waals surface area contributed by atoms with Crippen LogP contribution in [0.5, 0.6) is 0 Å². The lowest BCUT2D eigenvalue weighted by molar-refractivity contribution is -0.385. The van der Waals surface area contributed by atoms with Crippen molar-refractivity contribution in [3.8, 4) is 0 Å². The number of nitrogens with one attached hydrogen (secondary N) is 1. The lowest BCUT2D eigenvalue weighted by Crippen LogP contribution is -2.42. The first-order valence-electron chi connectivity index (χ1n) is 5.99. The molecule has 9 heteroatoms. The Morgan fingerprint density at radius 1 is 1.70 bits per heavy atom. The molecule has 112 valence electrons. The monoisotopic (exact) mass is 286 g/mol. The molecule has 1 heterocycles. The molecule has 20 heavy (non-hydrogen) atoms. The smallest absolute Gasteiger partial charge is 0.307 e. The highest BCUT2D eigenvalue weighted by Gasteiger charge is 2.21. The minimum Gasteiger partial charge on any atom is -0.388 e. The summed E-state index contributed by atoms with van der Waals surface area (Å²) < 4.78 is 6.02. The highest BCUT2D eigenvalue weighted by Crippen LogP contribution is 2.08. The quantitative estimate of drug-likeness (QED) is 0.500. The fraction of sp³-hybridized carbons (Fsp3) is 0.636. The zero-order chi connectivity index (χ0) is 15.2. The number of amides is 1. The fourth-order valence-electron chi connectivity index (χ4n) is 1.44. The molecular weight excluding hydrogens is 268 g/mol. The van der Waals surface area contributed by atoms with Gasteiger partial charge in [0.2, 0.25) is 5.91 Å². The number of aromatic nitrogens is 2. The van der Waals surface area contributed by atoms with E-state index in [4.69, 9.17) is 4.74 Å². The summed E-state index contributed by atoms with van der Waals surface area (Å²) in [5.74, 6) is -0.388. The topological polar surface area (TPSA) is 120 Å². The minimum atomic E-state index is -1.07. The molecule has 9 nitrogen and oxygen atoms in total. The van der Waals surface area contributed by atoms with Crippen molar-refractivity contribution in [1.29, 1.82) is 0 Å². The number of nitrogens with zero attached hydrogens (tertiary/aromatic N) is 3. The molecule has 1 aromatic rings. The van der Waals surface area contributed by atoms with Crippen molar-refractivity contribution in [1.82, 2.24) is 15.1 Å². The lowest BCUT2D eigenvalue weighted by atomic mass is 10.0. The van der Waals surface area contributed by atoms with Gasteiger partial charge in [-0.15, -0.1) is 0 Å². The molecule has 0 saturated carbocycles. The van der Waals surface area contributed by atoms with Gasteiger partial charge in [0.15, 0.2) is 0 Å². The van der Waals surface area contributed by atoms with E-state index in [0.717, 1.165) is 10.9 Å². The molecule has 2 N–H and O–H groups in total. The number of aliphatic hydroxyl groups is 1. The minimum absolute atomic E-state index is 0.0680. The Labute approximate surface area is 115 Å². The van der Waals surface area contributed by atoms with Gasteiger partial charge in [-0.2, -0.15) is 5.10 Å². The Kier molecular flexibility index (Phi) is 5.59. The van der Waals surface area contributed by atoms with Crippen molar-refractivity contribution in [2.45, 2.75) is 25.5 Å². The van der Waals surface area contributed by atoms with Crippen LogP contribution in [0.3, 0.4) is 0 Å². The Balaban J connectivity index is 2.41. The summed E-state index contributed by atoms with van der Waals surface area (Å²) >= 11 is 0. The molecule has 1 rings (SSSR count). The third-order valence-corrected chi connectivity index (χ3v) is 2.65. The first-order chi connectivity index (χ1) is 9.34. The van der Waals surface area contributed by atoms with Crippen LogP contribution >= 0.6 is 0 Å². The second-order valence-electron chi connectivity index (χ2n) is 4.67. The van der Waals surface area contributed by atoms with Crippen LogP contribution in [0.25, 0.3) is 0 Å². The van der Waals surface area contributed by atoms with Gasteiger partial charge in [-0.3, -0.25) is 19.6 Å². The first kappa shape index (κ1) is 16.1. The molecule has 0 aliphatic carbocycles. The normalized spacial score (nSPS) is 13.8. The predicted molar refractivity (Wildman–Crippen MR) is 69.0 cm³/mol. The Bertz CT molecular complexity index is 471. The zero-order valence-electron chi connectivity index (χ0n) is 11.4. The number of nitro groups is 1. The predicted octanol–water partition coefficient (Wildman–Crippen LogP) is -0.305. The Hall–Kier alpha value is -2.00. The van der Waals surface area contributed by atoms with Gasteiger partial charge in [-0.1, -0.05) is 0 Å². The van der Waals surface area contributed by atoms with Crippen LogP contribution in [-0.2, 0) is 16.1 Å². The molecule has 0 fully saturated rings. The van der Waals surface area contributed by atoms with E-state index in [1.807, 2.05) is 0 Å². The number of carbonyl (C=O) groups excluding carboxylic acids is 1. The van der Waals surface area contributed by atoms with Gasteiger partial charge in [0.05, 0.1) is 10.5 Å². The van der Waals surface area contributed by atoms with Crippen LogP contribution in [0.4, 0.5) is 5.69 Å². The maximum absolute atomic E-state index is 11.6. The third kappa shape index (κ3) is 5.33. The average molecular weight is 286 g/mol. The second kappa shape index (κ2) is 6.96. The van der Waals surface area contributed by atoms with Gasteiger partial charge in [0.25, 0.3) is 0 Å². The Morgan fingerprint density at radius 2 is 2.40 bits per heavy atom. The van der Waals surface area contributed by atoms with E-state index in [2.05, 4.69) is 10.4 Å². The Morgan fingerprint density at radius 3 is 2.95 bits per heavy atom. The highest BCUT2D eigenvalue weighted by atomic mass is 16.6. The van der Waals surface area contributed by atoms with Crippen LogP contribution in [0.1, 0.15) is 13.3 Å². The fourth-order valence-corrected chi connectivity index (χ4v) is 1.44. The van der Waals surface area contributed by atoms with E-state index in [1.165, 1.54) is 13.3 Å². The van der Waals surface area contributed by atoms with Crippen LogP contribution in [-0.4, -0.2) is 51.6 Å². The summed E-state index contributed by atoms with van der Waals surface area (Å²) in [6.07, 6.45) is 2.63. The van der Waals surface area contributed by atoms with Crippen LogP contribution in [0, 0.1) is 10.1 Å². The van der Waals surface area contributed by atoms with Gasteiger partial charge in [0, 0.05) is 26.7 Å². The summed E-state index contributed by atoms with van der Waals surface area (Å²) in [5, 5.41) is 26.6. The van der Waals surface area contributed by atoms with Crippen molar-refractivity contribution in [3.05, 3.63) is 22.5 Å². The van der Waals surface area contributed by atoms with E-state index in [-0.39, 0.29) is 24.7 Å². The van der Waals surface area contributed by atoms with Crippen LogP contribution in [0.15, 0.2) is 12.4 Å². The number of carbonyl (C=O) groups is 1. The van der Waals surface area contributed by atoms with Gasteiger partial charge < -0.3 is 15.2 Å². The summed E-state index contributed by atoms with van der Waals surface area (Å²) in [6, 6.07) is 0. The average Bonchev–Trinajstić information content (AvgIpc) is 2.83. The van der Waals surface area contributed by atoms with Crippen molar-refractivity contribution in [2.24, 2.45) is 0 Å². The van der Waals surface area contributed by atoms with Crippen molar-refractivity contribution >= 4 is 11.6 Å². The SMILES string of the molecule is COCCC(C)(O)CNC(=O)Cn1cc([N+](=O)[O-])cn1. The number of ether oxygens (including phenoxy) is 1. The highest BCUT2D eigenvalue weighted by molar-refractivity contribution is 5.75. The zero-order valence-corrected chi connectivity index (χ0v) is 11.4. The number of hydrogen-bond acceptors (Lipinski definition) is 6. The van der Waals surface area contributed by atoms with Crippen molar-refractivity contribution in [2.75, 3.05) is 20.3 Å². The number of hydrogen-bond donors (Lipinski definition) is 2. The third-order valence-electron chi connectivity index (χ3n) is 2.65.